The Morgan fingerprint density at radius 3 is 2.48 bits per heavy atom. The Kier molecular flexibility index (Phi) is 5.23. The topological polar surface area (TPSA) is 84.3 Å². The average molecular weight is 401 g/mol. The molecule has 1 amide bonds. The van der Waals surface area contributed by atoms with Gasteiger partial charge in [-0.1, -0.05) is 15.9 Å². The smallest absolute Gasteiger partial charge is 0.243 e. The number of likely N-dealkylation sites (N-methyl/N-ethyl adjacent to an activating group) is 1. The summed E-state index contributed by atoms with van der Waals surface area (Å²) in [6, 6.07) is 7.95. The van der Waals surface area contributed by atoms with Crippen LogP contribution in [0.4, 0.5) is 5.82 Å². The second kappa shape index (κ2) is 6.81. The molecule has 2 rings (SSSR count). The highest BCUT2D eigenvalue weighted by molar-refractivity contribution is 9.10. The summed E-state index contributed by atoms with van der Waals surface area (Å²) in [6.45, 7) is 1.52. The van der Waals surface area contributed by atoms with Crippen molar-refractivity contribution >= 4 is 37.7 Å². The molecule has 23 heavy (non-hydrogen) atoms. The Hall–Kier alpha value is -1.71. The number of benzene rings is 1. The number of aryl methyl sites for hydroxylation is 2. The van der Waals surface area contributed by atoms with Gasteiger partial charge in [-0.2, -0.15) is 9.40 Å². The summed E-state index contributed by atoms with van der Waals surface area (Å²) in [5, 5.41) is 6.76. The molecule has 0 saturated carbocycles. The Morgan fingerprint density at radius 1 is 1.35 bits per heavy atom. The van der Waals surface area contributed by atoms with E-state index in [9.17, 15) is 13.2 Å². The Morgan fingerprint density at radius 2 is 1.96 bits per heavy atom. The Bertz CT molecular complexity index is 815. The van der Waals surface area contributed by atoms with E-state index in [1.165, 1.54) is 23.9 Å². The van der Waals surface area contributed by atoms with Crippen molar-refractivity contribution in [1.29, 1.82) is 0 Å². The number of carbonyl (C=O) groups is 1. The van der Waals surface area contributed by atoms with Gasteiger partial charge in [-0.3, -0.25) is 9.48 Å². The second-order valence-corrected chi connectivity index (χ2v) is 8.02. The monoisotopic (exact) mass is 400 g/mol. The standard InChI is InChI=1S/C14H17BrN4O3S/c1-10-8-13(19(3)17-10)16-14(20)9-18(2)23(21,22)12-6-4-11(15)5-7-12/h4-8H,9H2,1-3H3,(H,16,20). The van der Waals surface area contributed by atoms with Crippen molar-refractivity contribution in [2.75, 3.05) is 18.9 Å². The number of aromatic nitrogens is 2. The van der Waals surface area contributed by atoms with Crippen molar-refractivity contribution < 1.29 is 13.2 Å². The molecule has 0 radical (unpaired) electrons. The van der Waals surface area contributed by atoms with Crippen LogP contribution >= 0.6 is 15.9 Å². The largest absolute Gasteiger partial charge is 0.310 e. The van der Waals surface area contributed by atoms with Crippen LogP contribution in [0, 0.1) is 6.92 Å². The molecule has 0 aliphatic heterocycles. The Balaban J connectivity index is 2.08. The van der Waals surface area contributed by atoms with Gasteiger partial charge >= 0.3 is 0 Å². The molecular formula is C14H17BrN4O3S. The van der Waals surface area contributed by atoms with Gasteiger partial charge in [0.1, 0.15) is 5.82 Å². The van der Waals surface area contributed by atoms with Crippen molar-refractivity contribution in [2.24, 2.45) is 7.05 Å². The van der Waals surface area contributed by atoms with Crippen LogP contribution in [0.15, 0.2) is 39.7 Å². The molecule has 0 aliphatic rings. The fourth-order valence-corrected chi connectivity index (χ4v) is 3.38. The fraction of sp³-hybridized carbons (Fsp3) is 0.286. The van der Waals surface area contributed by atoms with E-state index in [1.807, 2.05) is 0 Å². The summed E-state index contributed by atoms with van der Waals surface area (Å²) < 4.78 is 28.1. The van der Waals surface area contributed by atoms with Gasteiger partial charge in [0.25, 0.3) is 0 Å². The summed E-state index contributed by atoms with van der Waals surface area (Å²) in [6.07, 6.45) is 0. The maximum Gasteiger partial charge on any atom is 0.243 e. The van der Waals surface area contributed by atoms with Crippen molar-refractivity contribution in [3.8, 4) is 0 Å². The van der Waals surface area contributed by atoms with Crippen molar-refractivity contribution in [3.05, 3.63) is 40.5 Å². The fourth-order valence-electron chi connectivity index (χ4n) is 1.98. The maximum atomic E-state index is 12.4. The third-order valence-electron chi connectivity index (χ3n) is 3.16. The van der Waals surface area contributed by atoms with Crippen LogP contribution < -0.4 is 5.32 Å². The number of hydrogen-bond acceptors (Lipinski definition) is 4. The summed E-state index contributed by atoms with van der Waals surface area (Å²) >= 11 is 3.25. The highest BCUT2D eigenvalue weighted by Crippen LogP contribution is 2.18. The van der Waals surface area contributed by atoms with Gasteiger partial charge in [0.15, 0.2) is 0 Å². The molecule has 9 heteroatoms. The van der Waals surface area contributed by atoms with Crippen LogP contribution in [0.1, 0.15) is 5.69 Å². The predicted molar refractivity (Wildman–Crippen MR) is 90.5 cm³/mol. The first kappa shape index (κ1) is 17.6. The van der Waals surface area contributed by atoms with E-state index in [0.717, 1.165) is 14.5 Å². The average Bonchev–Trinajstić information content (AvgIpc) is 2.77. The van der Waals surface area contributed by atoms with Gasteiger partial charge in [-0.25, -0.2) is 8.42 Å². The number of amides is 1. The molecule has 0 spiro atoms. The number of carbonyl (C=O) groups excluding carboxylic acids is 1. The molecule has 1 N–H and O–H groups in total. The van der Waals surface area contributed by atoms with Gasteiger partial charge in [-0.05, 0) is 31.2 Å². The molecule has 0 unspecified atom stereocenters. The maximum absolute atomic E-state index is 12.4. The second-order valence-electron chi connectivity index (χ2n) is 5.06. The molecule has 0 fully saturated rings. The van der Waals surface area contributed by atoms with Crippen LogP contribution in [-0.2, 0) is 21.9 Å². The van der Waals surface area contributed by atoms with E-state index in [1.54, 1.807) is 32.2 Å². The van der Waals surface area contributed by atoms with Crippen molar-refractivity contribution in [1.82, 2.24) is 14.1 Å². The summed E-state index contributed by atoms with van der Waals surface area (Å²) in [4.78, 5) is 12.2. The van der Waals surface area contributed by atoms with Crippen LogP contribution in [-0.4, -0.2) is 42.0 Å². The highest BCUT2D eigenvalue weighted by atomic mass is 79.9. The van der Waals surface area contributed by atoms with Crippen LogP contribution in [0.3, 0.4) is 0 Å². The number of halogens is 1. The van der Waals surface area contributed by atoms with Gasteiger partial charge in [0.05, 0.1) is 17.1 Å². The van der Waals surface area contributed by atoms with Gasteiger partial charge in [-0.15, -0.1) is 0 Å². The zero-order valence-electron chi connectivity index (χ0n) is 12.9. The molecule has 124 valence electrons. The lowest BCUT2D eigenvalue weighted by atomic mass is 10.4. The Labute approximate surface area is 143 Å². The van der Waals surface area contributed by atoms with E-state index >= 15 is 0 Å². The zero-order chi connectivity index (χ0) is 17.2. The number of anilines is 1. The lowest BCUT2D eigenvalue weighted by molar-refractivity contribution is -0.116. The molecule has 2 aromatic rings. The van der Waals surface area contributed by atoms with Gasteiger partial charge < -0.3 is 5.32 Å². The minimum atomic E-state index is -3.72. The number of sulfonamides is 1. The third kappa shape index (κ3) is 4.18. The molecule has 1 aromatic heterocycles. The van der Waals surface area contributed by atoms with E-state index < -0.39 is 15.9 Å². The lowest BCUT2D eigenvalue weighted by Gasteiger charge is -2.17. The molecule has 0 saturated heterocycles. The van der Waals surface area contributed by atoms with Crippen LogP contribution in [0.25, 0.3) is 0 Å². The summed E-state index contributed by atoms with van der Waals surface area (Å²) in [5.74, 6) is 0.0816. The zero-order valence-corrected chi connectivity index (χ0v) is 15.3. The molecule has 1 aromatic carbocycles. The lowest BCUT2D eigenvalue weighted by Crippen LogP contribution is -2.35. The molecule has 7 nitrogen and oxygen atoms in total. The van der Waals surface area contributed by atoms with E-state index in [4.69, 9.17) is 0 Å². The molecule has 0 aliphatic carbocycles. The minimum Gasteiger partial charge on any atom is -0.310 e. The predicted octanol–water partition coefficient (Wildman–Crippen LogP) is 1.75. The van der Waals surface area contributed by atoms with Crippen LogP contribution in [0.5, 0.6) is 0 Å². The van der Waals surface area contributed by atoms with E-state index in [2.05, 4.69) is 26.3 Å². The van der Waals surface area contributed by atoms with E-state index in [0.29, 0.717) is 5.82 Å². The molecule has 0 atom stereocenters. The number of rotatable bonds is 5. The molecular weight excluding hydrogens is 384 g/mol. The van der Waals surface area contributed by atoms with Gasteiger partial charge in [0.2, 0.25) is 15.9 Å². The quantitative estimate of drug-likeness (QED) is 0.828. The van der Waals surface area contributed by atoms with Crippen molar-refractivity contribution in [2.45, 2.75) is 11.8 Å². The number of nitrogens with one attached hydrogen (secondary N) is 1. The minimum absolute atomic E-state index is 0.132. The van der Waals surface area contributed by atoms with Crippen LogP contribution in [0.2, 0.25) is 0 Å². The summed E-state index contributed by atoms with van der Waals surface area (Å²) in [5.41, 5.74) is 0.763. The SMILES string of the molecule is Cc1cc(NC(=O)CN(C)S(=O)(=O)c2ccc(Br)cc2)n(C)n1. The molecule has 0 bridgehead atoms. The van der Waals surface area contributed by atoms with Crippen molar-refractivity contribution in [3.63, 3.8) is 0 Å². The first-order chi connectivity index (χ1) is 10.7. The first-order valence-corrected chi connectivity index (χ1v) is 8.96. The third-order valence-corrected chi connectivity index (χ3v) is 5.50. The van der Waals surface area contributed by atoms with E-state index in [-0.39, 0.29) is 11.4 Å². The molecule has 1 heterocycles. The summed E-state index contributed by atoms with van der Waals surface area (Å²) in [7, 11) is -0.653. The number of nitrogens with zero attached hydrogens (tertiary/aromatic N) is 3. The highest BCUT2D eigenvalue weighted by Gasteiger charge is 2.23. The van der Waals surface area contributed by atoms with Gasteiger partial charge in [0, 0.05) is 24.6 Å². The normalized spacial score (nSPS) is 11.7. The first-order valence-electron chi connectivity index (χ1n) is 6.72. The number of hydrogen-bond donors (Lipinski definition) is 1.